The molecule has 4 aromatic rings. The Morgan fingerprint density at radius 2 is 2.06 bits per heavy atom. The Bertz CT molecular complexity index is 1390. The van der Waals surface area contributed by atoms with Crippen molar-refractivity contribution in [2.75, 3.05) is 5.32 Å². The van der Waals surface area contributed by atoms with Crippen molar-refractivity contribution in [3.63, 3.8) is 0 Å². The van der Waals surface area contributed by atoms with Crippen molar-refractivity contribution < 1.29 is 13.6 Å². The van der Waals surface area contributed by atoms with Gasteiger partial charge in [-0.25, -0.2) is 23.7 Å². The van der Waals surface area contributed by atoms with Gasteiger partial charge in [0.1, 0.15) is 5.82 Å². The van der Waals surface area contributed by atoms with Crippen molar-refractivity contribution in [2.45, 2.75) is 51.2 Å². The van der Waals surface area contributed by atoms with E-state index in [2.05, 4.69) is 30.6 Å². The van der Waals surface area contributed by atoms with Gasteiger partial charge in [-0.3, -0.25) is 4.79 Å². The summed E-state index contributed by atoms with van der Waals surface area (Å²) < 4.78 is 30.6. The van der Waals surface area contributed by atoms with E-state index in [0.717, 1.165) is 25.5 Å². The van der Waals surface area contributed by atoms with Crippen molar-refractivity contribution >= 4 is 34.2 Å². The molecule has 3 aromatic heterocycles. The molecule has 182 valence electrons. The first-order valence-electron chi connectivity index (χ1n) is 11.5. The molecule has 8 nitrogen and oxygen atoms in total. The van der Waals surface area contributed by atoms with Gasteiger partial charge in [0.25, 0.3) is 5.91 Å². The molecule has 1 unspecified atom stereocenters. The third kappa shape index (κ3) is 4.70. The van der Waals surface area contributed by atoms with Crippen molar-refractivity contribution in [3.8, 4) is 11.4 Å². The van der Waals surface area contributed by atoms with Crippen LogP contribution in [-0.4, -0.2) is 42.5 Å². The van der Waals surface area contributed by atoms with Gasteiger partial charge in [-0.2, -0.15) is 0 Å². The number of aromatic nitrogens is 5. The number of amides is 1. The summed E-state index contributed by atoms with van der Waals surface area (Å²) in [6.45, 7) is 2.60. The van der Waals surface area contributed by atoms with Crippen LogP contribution >= 0.6 is 11.6 Å². The lowest BCUT2D eigenvalue weighted by Crippen LogP contribution is -2.42. The van der Waals surface area contributed by atoms with E-state index in [1.165, 1.54) is 6.07 Å². The Hall–Kier alpha value is -3.53. The van der Waals surface area contributed by atoms with Crippen LogP contribution in [0.4, 0.5) is 14.6 Å². The number of hydrogen-bond donors (Lipinski definition) is 3. The quantitative estimate of drug-likeness (QED) is 0.349. The van der Waals surface area contributed by atoms with Crippen LogP contribution in [-0.2, 0) is 6.54 Å². The highest BCUT2D eigenvalue weighted by atomic mass is 35.5. The first-order chi connectivity index (χ1) is 16.9. The molecule has 0 bridgehead atoms. The fraction of sp³-hybridized carbons (Fsp3) is 0.333. The second kappa shape index (κ2) is 9.61. The van der Waals surface area contributed by atoms with E-state index in [0.29, 0.717) is 29.7 Å². The summed E-state index contributed by atoms with van der Waals surface area (Å²) in [7, 11) is 0. The number of imidazole rings is 1. The predicted molar refractivity (Wildman–Crippen MR) is 129 cm³/mol. The highest BCUT2D eigenvalue weighted by Gasteiger charge is 2.26. The number of aryl methyl sites for hydroxylation is 1. The van der Waals surface area contributed by atoms with Crippen molar-refractivity contribution in [3.05, 3.63) is 59.4 Å². The van der Waals surface area contributed by atoms with Crippen LogP contribution in [0, 0.1) is 11.6 Å². The zero-order valence-corrected chi connectivity index (χ0v) is 19.7. The van der Waals surface area contributed by atoms with Crippen molar-refractivity contribution in [1.82, 2.24) is 29.8 Å². The number of benzene rings is 1. The molecule has 1 aliphatic carbocycles. The zero-order chi connectivity index (χ0) is 24.5. The molecule has 5 rings (SSSR count). The molecule has 0 aliphatic heterocycles. The molecular formula is C24H24ClF2N7O. The Balaban J connectivity index is 1.32. The molecule has 1 aromatic carbocycles. The summed E-state index contributed by atoms with van der Waals surface area (Å²) >= 11 is 6.02. The largest absolute Gasteiger partial charge is 0.365 e. The number of hydrogen-bond acceptors (Lipinski definition) is 5. The number of nitrogens with zero attached hydrogens (tertiary/aromatic N) is 4. The Morgan fingerprint density at radius 1 is 1.23 bits per heavy atom. The van der Waals surface area contributed by atoms with Crippen LogP contribution in [0.5, 0.6) is 0 Å². The Kier molecular flexibility index (Phi) is 6.38. The SMILES string of the molecule is CCn1ccnc1C(=O)NC1CCC[C@H](Nc2nc(-c3c[nH]c4c(F)cc(Cl)cc34)ncc2F)C1. The highest BCUT2D eigenvalue weighted by molar-refractivity contribution is 6.31. The van der Waals surface area contributed by atoms with E-state index in [1.54, 1.807) is 29.2 Å². The highest BCUT2D eigenvalue weighted by Crippen LogP contribution is 2.32. The molecule has 0 saturated heterocycles. The number of carbonyl (C=O) groups is 1. The molecule has 1 amide bonds. The number of carbonyl (C=O) groups excluding carboxylic acids is 1. The summed E-state index contributed by atoms with van der Waals surface area (Å²) in [6.07, 6.45) is 9.17. The molecule has 3 N–H and O–H groups in total. The molecule has 0 spiro atoms. The molecule has 11 heteroatoms. The van der Waals surface area contributed by atoms with Crippen LogP contribution in [0.15, 0.2) is 36.9 Å². The summed E-state index contributed by atoms with van der Waals surface area (Å²) in [4.78, 5) is 28.2. The topological polar surface area (TPSA) is 101 Å². The van der Waals surface area contributed by atoms with Crippen LogP contribution < -0.4 is 10.6 Å². The number of rotatable bonds is 6. The number of nitrogens with one attached hydrogen (secondary N) is 3. The van der Waals surface area contributed by atoms with Gasteiger partial charge in [-0.15, -0.1) is 0 Å². The number of anilines is 1. The maximum Gasteiger partial charge on any atom is 0.287 e. The molecule has 3 heterocycles. The van der Waals surface area contributed by atoms with Gasteiger partial charge in [0.2, 0.25) is 0 Å². The minimum absolute atomic E-state index is 0.0605. The zero-order valence-electron chi connectivity index (χ0n) is 19.0. The molecule has 2 atom stereocenters. The van der Waals surface area contributed by atoms with Crippen LogP contribution in [0.25, 0.3) is 22.3 Å². The number of halogens is 3. The Morgan fingerprint density at radius 3 is 2.89 bits per heavy atom. The van der Waals surface area contributed by atoms with Crippen molar-refractivity contribution in [2.24, 2.45) is 0 Å². The average molecular weight is 500 g/mol. The van der Waals surface area contributed by atoms with Gasteiger partial charge in [-0.05, 0) is 44.7 Å². The Labute approximate surface area is 205 Å². The molecule has 1 aliphatic rings. The lowest BCUT2D eigenvalue weighted by Gasteiger charge is -2.30. The predicted octanol–water partition coefficient (Wildman–Crippen LogP) is 4.93. The van der Waals surface area contributed by atoms with E-state index in [1.807, 2.05) is 6.92 Å². The summed E-state index contributed by atoms with van der Waals surface area (Å²) in [5.74, 6) is -0.614. The van der Waals surface area contributed by atoms with Gasteiger partial charge in [0.05, 0.1) is 11.7 Å². The second-order valence-electron chi connectivity index (χ2n) is 8.62. The number of fused-ring (bicyclic) bond motifs is 1. The standard InChI is InChI=1S/C24H24ClF2N7O/c1-2-34-7-6-28-23(34)24(35)32-15-5-3-4-14(10-15)31-22-19(27)12-30-21(33-22)17-11-29-20-16(17)8-13(25)9-18(20)26/h6-9,11-12,14-15,29H,2-5,10H2,1H3,(H,32,35)(H,30,31,33)/t14-,15?/m0/s1. The van der Waals surface area contributed by atoms with E-state index < -0.39 is 11.6 Å². The van der Waals surface area contributed by atoms with Gasteiger partial charge in [0, 0.05) is 53.2 Å². The second-order valence-corrected chi connectivity index (χ2v) is 9.05. The van der Waals surface area contributed by atoms with E-state index >= 15 is 0 Å². The first-order valence-corrected chi connectivity index (χ1v) is 11.9. The fourth-order valence-corrected chi connectivity index (χ4v) is 4.81. The van der Waals surface area contributed by atoms with Crippen LogP contribution in [0.1, 0.15) is 43.2 Å². The maximum atomic E-state index is 14.6. The lowest BCUT2D eigenvalue weighted by molar-refractivity contribution is 0.0911. The lowest BCUT2D eigenvalue weighted by atomic mass is 9.91. The van der Waals surface area contributed by atoms with Crippen molar-refractivity contribution in [1.29, 1.82) is 0 Å². The van der Waals surface area contributed by atoms with E-state index in [4.69, 9.17) is 11.6 Å². The first kappa shape index (κ1) is 23.2. The van der Waals surface area contributed by atoms with E-state index in [-0.39, 0.29) is 40.2 Å². The minimum atomic E-state index is -0.589. The molecule has 0 radical (unpaired) electrons. The summed E-state index contributed by atoms with van der Waals surface area (Å²) in [6, 6.07) is 2.67. The van der Waals surface area contributed by atoms with E-state index in [9.17, 15) is 13.6 Å². The van der Waals surface area contributed by atoms with Crippen LogP contribution in [0.3, 0.4) is 0 Å². The summed E-state index contributed by atoms with van der Waals surface area (Å²) in [5.41, 5.74) is 0.797. The normalized spacial score (nSPS) is 18.1. The van der Waals surface area contributed by atoms with Gasteiger partial charge < -0.3 is 20.2 Å². The number of H-pyrrole nitrogens is 1. The minimum Gasteiger partial charge on any atom is -0.365 e. The third-order valence-corrected chi connectivity index (χ3v) is 6.52. The van der Waals surface area contributed by atoms with Gasteiger partial charge in [-0.1, -0.05) is 11.6 Å². The van der Waals surface area contributed by atoms with Gasteiger partial charge in [0.15, 0.2) is 23.3 Å². The number of aromatic amines is 1. The smallest absolute Gasteiger partial charge is 0.287 e. The third-order valence-electron chi connectivity index (χ3n) is 6.30. The maximum absolute atomic E-state index is 14.6. The molecular weight excluding hydrogens is 476 g/mol. The average Bonchev–Trinajstić information content (AvgIpc) is 3.48. The molecule has 1 fully saturated rings. The molecule has 35 heavy (non-hydrogen) atoms. The molecule has 1 saturated carbocycles. The van der Waals surface area contributed by atoms with Crippen LogP contribution in [0.2, 0.25) is 5.02 Å². The monoisotopic (exact) mass is 499 g/mol. The summed E-state index contributed by atoms with van der Waals surface area (Å²) in [5, 5.41) is 6.98. The fourth-order valence-electron chi connectivity index (χ4n) is 4.61. The van der Waals surface area contributed by atoms with Gasteiger partial charge >= 0.3 is 0 Å².